The van der Waals surface area contributed by atoms with E-state index in [4.69, 9.17) is 23.2 Å². The Balaban J connectivity index is 1.64. The number of halogens is 2. The first-order chi connectivity index (χ1) is 10.4. The highest BCUT2D eigenvalue weighted by molar-refractivity contribution is 7.99. The molecule has 3 fully saturated rings. The van der Waals surface area contributed by atoms with Crippen LogP contribution >= 0.6 is 35.0 Å². The number of carbonyl (C=O) groups excluding carboxylic acids is 1. The van der Waals surface area contributed by atoms with Crippen LogP contribution in [-0.2, 0) is 4.79 Å². The molecule has 0 spiro atoms. The van der Waals surface area contributed by atoms with Gasteiger partial charge in [0, 0.05) is 36.7 Å². The first-order valence-electron chi connectivity index (χ1n) is 8.39. The molecule has 0 bridgehead atoms. The molecule has 2 saturated carbocycles. The molecule has 0 aromatic carbocycles. The number of nitrogens with zero attached hydrogens (tertiary/aromatic N) is 1. The van der Waals surface area contributed by atoms with Gasteiger partial charge in [-0.05, 0) is 26.2 Å². The molecule has 0 unspecified atom stereocenters. The molecule has 3 rings (SSSR count). The zero-order valence-corrected chi connectivity index (χ0v) is 15.6. The smallest absolute Gasteiger partial charge is 0.229 e. The van der Waals surface area contributed by atoms with Crippen LogP contribution in [0.15, 0.2) is 0 Å². The molecular weight excluding hydrogens is 339 g/mol. The van der Waals surface area contributed by atoms with E-state index in [0.29, 0.717) is 6.42 Å². The third-order valence-corrected chi connectivity index (χ3v) is 7.85. The average Bonchev–Trinajstić information content (AvgIpc) is 3.06. The lowest BCUT2D eigenvalue weighted by molar-refractivity contribution is -0.126. The van der Waals surface area contributed by atoms with Crippen molar-refractivity contribution in [1.82, 2.24) is 10.2 Å². The van der Waals surface area contributed by atoms with Crippen molar-refractivity contribution in [3.8, 4) is 0 Å². The summed E-state index contributed by atoms with van der Waals surface area (Å²) in [5, 5.41) is 3.19. The lowest BCUT2D eigenvalue weighted by Crippen LogP contribution is -2.59. The van der Waals surface area contributed by atoms with Crippen molar-refractivity contribution in [2.24, 2.45) is 5.41 Å². The van der Waals surface area contributed by atoms with Crippen LogP contribution in [-0.4, -0.2) is 51.8 Å². The molecule has 1 heterocycles. The predicted octanol–water partition coefficient (Wildman–Crippen LogP) is 3.44. The molecule has 0 radical (unpaired) electrons. The topological polar surface area (TPSA) is 32.3 Å². The molecule has 3 nitrogen and oxygen atoms in total. The van der Waals surface area contributed by atoms with Gasteiger partial charge in [-0.2, -0.15) is 11.8 Å². The SMILES string of the molecule is C[C@@]1(C(=O)NCC2(N3CCSCC3)CCCCC2)CC1(Cl)Cl. The highest BCUT2D eigenvalue weighted by Gasteiger charge is 2.68. The van der Waals surface area contributed by atoms with Crippen molar-refractivity contribution < 1.29 is 4.79 Å². The van der Waals surface area contributed by atoms with Crippen LogP contribution in [0.2, 0.25) is 0 Å². The second kappa shape index (κ2) is 6.34. The summed E-state index contributed by atoms with van der Waals surface area (Å²) in [7, 11) is 0. The highest BCUT2D eigenvalue weighted by atomic mass is 35.5. The van der Waals surface area contributed by atoms with E-state index < -0.39 is 9.75 Å². The van der Waals surface area contributed by atoms with E-state index in [1.54, 1.807) is 0 Å². The standard InChI is InChI=1S/C16H26Cl2N2OS/c1-14(11-16(14,17)18)13(21)19-12-15(5-3-2-4-6-15)20-7-9-22-10-8-20/h2-12H2,1H3,(H,19,21)/t14-/m0/s1. The van der Waals surface area contributed by atoms with Crippen molar-refractivity contribution in [2.45, 2.75) is 55.3 Å². The predicted molar refractivity (Wildman–Crippen MR) is 94.9 cm³/mol. The van der Waals surface area contributed by atoms with Crippen LogP contribution in [0.4, 0.5) is 0 Å². The van der Waals surface area contributed by atoms with Crippen molar-refractivity contribution >= 4 is 40.9 Å². The van der Waals surface area contributed by atoms with Crippen LogP contribution in [0.5, 0.6) is 0 Å². The molecule has 0 aromatic heterocycles. The monoisotopic (exact) mass is 364 g/mol. The summed E-state index contributed by atoms with van der Waals surface area (Å²) in [6.07, 6.45) is 6.81. The minimum absolute atomic E-state index is 0.0221. The molecule has 1 amide bonds. The molecule has 3 aliphatic rings. The summed E-state index contributed by atoms with van der Waals surface area (Å²) in [5.41, 5.74) is -0.453. The molecule has 0 aromatic rings. The van der Waals surface area contributed by atoms with Crippen molar-refractivity contribution in [1.29, 1.82) is 0 Å². The molecular formula is C16H26Cl2N2OS. The normalized spacial score (nSPS) is 34.1. The van der Waals surface area contributed by atoms with Gasteiger partial charge in [-0.15, -0.1) is 23.2 Å². The Labute approximate surface area is 147 Å². The number of amides is 1. The van der Waals surface area contributed by atoms with E-state index in [9.17, 15) is 4.79 Å². The van der Waals surface area contributed by atoms with Gasteiger partial charge in [-0.1, -0.05) is 19.3 Å². The Hall–Kier alpha value is 0.360. The van der Waals surface area contributed by atoms with E-state index in [1.807, 2.05) is 18.7 Å². The van der Waals surface area contributed by atoms with E-state index in [-0.39, 0.29) is 11.4 Å². The number of hydrogen-bond acceptors (Lipinski definition) is 3. The molecule has 22 heavy (non-hydrogen) atoms. The van der Waals surface area contributed by atoms with Crippen LogP contribution in [0.1, 0.15) is 45.4 Å². The van der Waals surface area contributed by atoms with Gasteiger partial charge >= 0.3 is 0 Å². The maximum absolute atomic E-state index is 12.5. The van der Waals surface area contributed by atoms with Gasteiger partial charge in [0.2, 0.25) is 5.91 Å². The molecule has 1 saturated heterocycles. The highest BCUT2D eigenvalue weighted by Crippen LogP contribution is 2.63. The van der Waals surface area contributed by atoms with Crippen LogP contribution in [0.25, 0.3) is 0 Å². The molecule has 1 atom stereocenters. The average molecular weight is 365 g/mol. The lowest BCUT2D eigenvalue weighted by Gasteiger charge is -2.48. The Kier molecular flexibility index (Phi) is 4.96. The third-order valence-electron chi connectivity index (χ3n) is 5.80. The van der Waals surface area contributed by atoms with Gasteiger partial charge in [-0.3, -0.25) is 9.69 Å². The summed E-state index contributed by atoms with van der Waals surface area (Å²) in [4.78, 5) is 15.1. The van der Waals surface area contributed by atoms with Gasteiger partial charge in [-0.25, -0.2) is 0 Å². The maximum Gasteiger partial charge on any atom is 0.229 e. The first-order valence-corrected chi connectivity index (χ1v) is 10.3. The Morgan fingerprint density at radius 3 is 2.32 bits per heavy atom. The third kappa shape index (κ3) is 3.13. The second-order valence-corrected chi connectivity index (χ2v) is 9.99. The van der Waals surface area contributed by atoms with Gasteiger partial charge in [0.05, 0.1) is 5.41 Å². The zero-order valence-electron chi connectivity index (χ0n) is 13.3. The fraction of sp³-hybridized carbons (Fsp3) is 0.938. The lowest BCUT2D eigenvalue weighted by atomic mass is 9.79. The van der Waals surface area contributed by atoms with Gasteiger partial charge < -0.3 is 5.32 Å². The molecule has 126 valence electrons. The fourth-order valence-electron chi connectivity index (χ4n) is 3.94. The minimum Gasteiger partial charge on any atom is -0.354 e. The van der Waals surface area contributed by atoms with E-state index in [2.05, 4.69) is 10.2 Å². The number of nitrogens with one attached hydrogen (secondary N) is 1. The summed E-state index contributed by atoms with van der Waals surface area (Å²) >= 11 is 14.3. The summed E-state index contributed by atoms with van der Waals surface area (Å²) in [5.74, 6) is 2.44. The van der Waals surface area contributed by atoms with Crippen molar-refractivity contribution in [3.63, 3.8) is 0 Å². The number of rotatable bonds is 4. The van der Waals surface area contributed by atoms with Crippen LogP contribution in [0, 0.1) is 5.41 Å². The van der Waals surface area contributed by atoms with Crippen molar-refractivity contribution in [3.05, 3.63) is 0 Å². The van der Waals surface area contributed by atoms with E-state index >= 15 is 0 Å². The fourth-order valence-corrected chi connectivity index (χ4v) is 5.55. The van der Waals surface area contributed by atoms with Gasteiger partial charge in [0.1, 0.15) is 4.33 Å². The molecule has 1 aliphatic heterocycles. The van der Waals surface area contributed by atoms with Crippen LogP contribution in [0.3, 0.4) is 0 Å². The minimum atomic E-state index is -0.876. The number of hydrogen-bond donors (Lipinski definition) is 1. The Bertz CT molecular complexity index is 434. The largest absolute Gasteiger partial charge is 0.354 e. The number of carbonyl (C=O) groups is 1. The summed E-state index contributed by atoms with van der Waals surface area (Å²) < 4.78 is -0.876. The Morgan fingerprint density at radius 1 is 1.18 bits per heavy atom. The molecule has 2 aliphatic carbocycles. The second-order valence-electron chi connectivity index (χ2n) is 7.28. The van der Waals surface area contributed by atoms with Crippen LogP contribution < -0.4 is 5.32 Å². The zero-order chi connectivity index (χ0) is 15.8. The van der Waals surface area contributed by atoms with E-state index in [0.717, 1.165) is 19.6 Å². The number of alkyl halides is 2. The molecule has 1 N–H and O–H groups in total. The first kappa shape index (κ1) is 17.2. The quantitative estimate of drug-likeness (QED) is 0.775. The Morgan fingerprint density at radius 2 is 1.77 bits per heavy atom. The molecule has 6 heteroatoms. The summed E-state index contributed by atoms with van der Waals surface area (Å²) in [6, 6.07) is 0. The van der Waals surface area contributed by atoms with E-state index in [1.165, 1.54) is 43.6 Å². The van der Waals surface area contributed by atoms with Crippen molar-refractivity contribution in [2.75, 3.05) is 31.1 Å². The maximum atomic E-state index is 12.5. The van der Waals surface area contributed by atoms with Gasteiger partial charge in [0.25, 0.3) is 0 Å². The van der Waals surface area contributed by atoms with Gasteiger partial charge in [0.15, 0.2) is 0 Å². The summed E-state index contributed by atoms with van der Waals surface area (Å²) in [6.45, 7) is 4.91. The number of thioether (sulfide) groups is 1.